The van der Waals surface area contributed by atoms with E-state index in [1.807, 2.05) is 0 Å². The van der Waals surface area contributed by atoms with Crippen molar-refractivity contribution in [2.24, 2.45) is 0 Å². The number of hydrogen-bond acceptors (Lipinski definition) is 1. The fraction of sp³-hybridized carbons (Fsp3) is 0.0435. The molecule has 1 aliphatic carbocycles. The third-order valence-corrected chi connectivity index (χ3v) is 10.1. The molecule has 0 unspecified atom stereocenters. The second-order valence-corrected chi connectivity index (χ2v) is 12.4. The normalized spacial score (nSPS) is 13.0. The van der Waals surface area contributed by atoms with Crippen molar-refractivity contribution in [1.29, 1.82) is 0 Å². The van der Waals surface area contributed by atoms with Gasteiger partial charge in [0.05, 0.1) is 12.5 Å². The van der Waals surface area contributed by atoms with Crippen LogP contribution in [0.4, 0.5) is 0 Å². The van der Waals surface area contributed by atoms with Crippen LogP contribution in [0.1, 0.15) is 22.3 Å². The molecule has 0 spiro atoms. The fourth-order valence-electron chi connectivity index (χ4n) is 8.00. The summed E-state index contributed by atoms with van der Waals surface area (Å²) in [7, 11) is 1.72. The molecule has 1 heteroatoms. The van der Waals surface area contributed by atoms with Crippen molar-refractivity contribution in [3.8, 4) is 39.1 Å². The first-order valence-electron chi connectivity index (χ1n) is 16.2. The van der Waals surface area contributed by atoms with Gasteiger partial charge in [-0.25, -0.2) is 0 Å². The fourth-order valence-corrected chi connectivity index (χ4v) is 8.00. The first-order valence-corrected chi connectivity index (χ1v) is 16.2. The molecule has 9 rings (SSSR count). The number of benzene rings is 8. The van der Waals surface area contributed by atoms with E-state index in [4.69, 9.17) is 4.74 Å². The van der Waals surface area contributed by atoms with E-state index >= 15 is 0 Å². The predicted octanol–water partition coefficient (Wildman–Crippen LogP) is 11.7. The zero-order valence-electron chi connectivity index (χ0n) is 26.2. The van der Waals surface area contributed by atoms with E-state index in [0.717, 1.165) is 5.75 Å². The Morgan fingerprint density at radius 2 is 0.957 bits per heavy atom. The van der Waals surface area contributed by atoms with Gasteiger partial charge in [0.25, 0.3) is 0 Å². The van der Waals surface area contributed by atoms with Crippen LogP contribution in [0.25, 0.3) is 54.9 Å². The SMILES string of the molecule is COc1ccc(-c2ccc(-c3cccc4ccccc34)c3cc4c(cc23)C(c2ccccc2)(c2ccccc2)c2ccccc2-4)cc1. The van der Waals surface area contributed by atoms with Gasteiger partial charge in [-0.3, -0.25) is 0 Å². The highest BCUT2D eigenvalue weighted by Crippen LogP contribution is 2.57. The molecule has 0 aliphatic heterocycles. The predicted molar refractivity (Wildman–Crippen MR) is 196 cm³/mol. The molecule has 47 heavy (non-hydrogen) atoms. The number of hydrogen-bond donors (Lipinski definition) is 0. The Kier molecular flexibility index (Phi) is 6.33. The summed E-state index contributed by atoms with van der Waals surface area (Å²) in [6.45, 7) is 0. The summed E-state index contributed by atoms with van der Waals surface area (Å²) >= 11 is 0. The van der Waals surface area contributed by atoms with E-state index in [9.17, 15) is 0 Å². The molecule has 0 fully saturated rings. The van der Waals surface area contributed by atoms with Crippen LogP contribution >= 0.6 is 0 Å². The lowest BCUT2D eigenvalue weighted by molar-refractivity contribution is 0.415. The lowest BCUT2D eigenvalue weighted by Crippen LogP contribution is -2.28. The van der Waals surface area contributed by atoms with Gasteiger partial charge < -0.3 is 4.74 Å². The van der Waals surface area contributed by atoms with E-state index in [1.54, 1.807) is 7.11 Å². The Morgan fingerprint density at radius 1 is 0.383 bits per heavy atom. The van der Waals surface area contributed by atoms with Gasteiger partial charge in [0, 0.05) is 0 Å². The van der Waals surface area contributed by atoms with E-state index in [2.05, 4.69) is 176 Å². The molecular weight excluding hydrogens is 569 g/mol. The van der Waals surface area contributed by atoms with Gasteiger partial charge in [-0.15, -0.1) is 0 Å². The summed E-state index contributed by atoms with van der Waals surface area (Å²) < 4.78 is 5.53. The molecule has 222 valence electrons. The minimum absolute atomic E-state index is 0.463. The molecule has 0 saturated heterocycles. The topological polar surface area (TPSA) is 9.23 Å². The Hall–Kier alpha value is -5.92. The summed E-state index contributed by atoms with van der Waals surface area (Å²) in [6, 6.07) is 64.5. The zero-order chi connectivity index (χ0) is 31.4. The molecular formula is C46H32O. The molecule has 8 aromatic carbocycles. The smallest absolute Gasteiger partial charge is 0.118 e. The van der Waals surface area contributed by atoms with Crippen molar-refractivity contribution in [3.05, 3.63) is 198 Å². The van der Waals surface area contributed by atoms with Crippen molar-refractivity contribution in [2.75, 3.05) is 7.11 Å². The summed E-state index contributed by atoms with van der Waals surface area (Å²) in [5, 5.41) is 5.00. The minimum Gasteiger partial charge on any atom is -0.497 e. The average molecular weight is 601 g/mol. The van der Waals surface area contributed by atoms with Crippen LogP contribution in [0.5, 0.6) is 5.75 Å². The first kappa shape index (κ1) is 27.4. The molecule has 1 nitrogen and oxygen atoms in total. The van der Waals surface area contributed by atoms with Crippen molar-refractivity contribution in [3.63, 3.8) is 0 Å². The quantitative estimate of drug-likeness (QED) is 0.191. The van der Waals surface area contributed by atoms with E-state index in [-0.39, 0.29) is 0 Å². The molecule has 8 aromatic rings. The lowest BCUT2D eigenvalue weighted by Gasteiger charge is -2.34. The van der Waals surface area contributed by atoms with Gasteiger partial charge >= 0.3 is 0 Å². The monoisotopic (exact) mass is 600 g/mol. The number of rotatable bonds is 5. The Bertz CT molecular complexity index is 2380. The molecule has 0 heterocycles. The zero-order valence-corrected chi connectivity index (χ0v) is 26.2. The van der Waals surface area contributed by atoms with Gasteiger partial charge in [-0.05, 0) is 101 Å². The highest BCUT2D eigenvalue weighted by Gasteiger charge is 2.46. The second-order valence-electron chi connectivity index (χ2n) is 12.4. The van der Waals surface area contributed by atoms with E-state index in [1.165, 1.54) is 77.2 Å². The summed E-state index contributed by atoms with van der Waals surface area (Å²) in [4.78, 5) is 0. The van der Waals surface area contributed by atoms with Crippen molar-refractivity contribution < 1.29 is 4.74 Å². The lowest BCUT2D eigenvalue weighted by atomic mass is 9.67. The van der Waals surface area contributed by atoms with Crippen molar-refractivity contribution in [1.82, 2.24) is 0 Å². The number of ether oxygens (including phenoxy) is 1. The van der Waals surface area contributed by atoms with E-state index in [0.29, 0.717) is 0 Å². The van der Waals surface area contributed by atoms with Gasteiger partial charge in [0.15, 0.2) is 0 Å². The Labute approximate surface area is 275 Å². The Balaban J connectivity index is 1.44. The maximum absolute atomic E-state index is 5.53. The summed E-state index contributed by atoms with van der Waals surface area (Å²) in [6.07, 6.45) is 0. The van der Waals surface area contributed by atoms with Gasteiger partial charge in [-0.2, -0.15) is 0 Å². The van der Waals surface area contributed by atoms with Crippen molar-refractivity contribution in [2.45, 2.75) is 5.41 Å². The highest BCUT2D eigenvalue weighted by atomic mass is 16.5. The molecule has 0 atom stereocenters. The summed E-state index contributed by atoms with van der Waals surface area (Å²) in [5.74, 6) is 0.856. The molecule has 0 saturated carbocycles. The molecule has 0 N–H and O–H groups in total. The third kappa shape index (κ3) is 4.10. The van der Waals surface area contributed by atoms with Crippen LogP contribution in [0.15, 0.2) is 176 Å². The van der Waals surface area contributed by atoms with Gasteiger partial charge in [0.1, 0.15) is 5.75 Å². The minimum atomic E-state index is -0.463. The number of fused-ring (bicyclic) bond motifs is 5. The second kappa shape index (κ2) is 10.9. The van der Waals surface area contributed by atoms with Crippen LogP contribution in [0.2, 0.25) is 0 Å². The number of methoxy groups -OCH3 is 1. The Morgan fingerprint density at radius 3 is 1.70 bits per heavy atom. The molecule has 0 aromatic heterocycles. The van der Waals surface area contributed by atoms with Crippen LogP contribution in [-0.2, 0) is 5.41 Å². The van der Waals surface area contributed by atoms with Crippen LogP contribution < -0.4 is 4.74 Å². The largest absolute Gasteiger partial charge is 0.497 e. The standard InChI is InChI=1S/C46H32O/c1-47-35-25-23-32(24-26-35)37-27-28-39(38-21-12-14-31-13-8-9-19-36(31)38)41-29-43-40-20-10-11-22-44(40)46(45(43)30-42(37)41,33-15-4-2-5-16-33)34-17-6-3-7-18-34/h2-30H,1H3. The summed E-state index contributed by atoms with van der Waals surface area (Å²) in [5.41, 5.74) is 12.2. The molecule has 0 radical (unpaired) electrons. The van der Waals surface area contributed by atoms with Gasteiger partial charge in [-0.1, -0.05) is 152 Å². The van der Waals surface area contributed by atoms with Gasteiger partial charge in [0.2, 0.25) is 0 Å². The van der Waals surface area contributed by atoms with E-state index < -0.39 is 5.41 Å². The van der Waals surface area contributed by atoms with Crippen LogP contribution in [0, 0.1) is 0 Å². The van der Waals surface area contributed by atoms with Crippen LogP contribution in [0.3, 0.4) is 0 Å². The maximum atomic E-state index is 5.53. The third-order valence-electron chi connectivity index (χ3n) is 10.1. The van der Waals surface area contributed by atoms with Crippen molar-refractivity contribution >= 4 is 21.5 Å². The highest BCUT2D eigenvalue weighted by molar-refractivity contribution is 6.12. The first-order chi connectivity index (χ1) is 23.3. The molecule has 1 aliphatic rings. The molecule has 0 bridgehead atoms. The maximum Gasteiger partial charge on any atom is 0.118 e. The van der Waals surface area contributed by atoms with Crippen LogP contribution in [-0.4, -0.2) is 7.11 Å². The molecule has 0 amide bonds. The average Bonchev–Trinajstić information content (AvgIpc) is 3.44.